The summed E-state index contributed by atoms with van der Waals surface area (Å²) in [5.74, 6) is 4.23. The first-order chi connectivity index (χ1) is 16.2. The molecule has 1 fully saturated rings. The second-order valence-corrected chi connectivity index (χ2v) is 8.88. The molecule has 0 radical (unpaired) electrons. The van der Waals surface area contributed by atoms with Gasteiger partial charge in [0.25, 0.3) is 0 Å². The van der Waals surface area contributed by atoms with Crippen LogP contribution in [0.5, 0.6) is 0 Å². The molecule has 1 aliphatic rings. The molecule has 6 nitrogen and oxygen atoms in total. The van der Waals surface area contributed by atoms with E-state index in [2.05, 4.69) is 22.0 Å². The van der Waals surface area contributed by atoms with Gasteiger partial charge in [0.2, 0.25) is 5.91 Å². The lowest BCUT2D eigenvalue weighted by Gasteiger charge is -2.26. The Morgan fingerprint density at radius 3 is 2.44 bits per heavy atom. The maximum absolute atomic E-state index is 13.4. The third-order valence-corrected chi connectivity index (χ3v) is 6.10. The Bertz CT molecular complexity index is 1280. The summed E-state index contributed by atoms with van der Waals surface area (Å²) >= 11 is 0. The molecule has 4 rings (SSSR count). The molecule has 2 heterocycles. The number of amides is 1. The summed E-state index contributed by atoms with van der Waals surface area (Å²) in [6.45, 7) is 3.83. The number of aromatic nitrogens is 2. The van der Waals surface area contributed by atoms with Crippen LogP contribution < -0.4 is 0 Å². The van der Waals surface area contributed by atoms with E-state index in [-0.39, 0.29) is 30.4 Å². The molecule has 0 N–H and O–H groups in total. The quantitative estimate of drug-likeness (QED) is 0.340. The van der Waals surface area contributed by atoms with Crippen LogP contribution in [-0.4, -0.2) is 39.6 Å². The normalized spacial score (nSPS) is 18.8. The highest BCUT2D eigenvalue weighted by Gasteiger charge is 2.62. The van der Waals surface area contributed by atoms with Crippen molar-refractivity contribution in [2.24, 2.45) is 0 Å². The SMILES string of the molecule is CN1C(=O)C(C(=O)OCc2ccccc2)(c2ccc(C#Cc3cccc(F)c3)nn2)CC1(C)C. The van der Waals surface area contributed by atoms with Crippen LogP contribution in [0.2, 0.25) is 0 Å². The predicted molar refractivity (Wildman–Crippen MR) is 124 cm³/mol. The van der Waals surface area contributed by atoms with Crippen LogP contribution in [0.25, 0.3) is 0 Å². The summed E-state index contributed by atoms with van der Waals surface area (Å²) in [5, 5.41) is 8.33. The zero-order chi connectivity index (χ0) is 24.3. The van der Waals surface area contributed by atoms with Crippen molar-refractivity contribution < 1.29 is 18.7 Å². The summed E-state index contributed by atoms with van der Waals surface area (Å²) in [4.78, 5) is 28.4. The van der Waals surface area contributed by atoms with E-state index >= 15 is 0 Å². The molecule has 2 aromatic carbocycles. The summed E-state index contributed by atoms with van der Waals surface area (Å²) in [5.41, 5.74) is -0.322. The van der Waals surface area contributed by atoms with E-state index in [1.165, 1.54) is 12.1 Å². The Labute approximate surface area is 197 Å². The van der Waals surface area contributed by atoms with Gasteiger partial charge < -0.3 is 9.64 Å². The molecule has 1 unspecified atom stereocenters. The third-order valence-electron chi connectivity index (χ3n) is 6.10. The summed E-state index contributed by atoms with van der Waals surface area (Å²) in [7, 11) is 1.67. The number of hydrogen-bond donors (Lipinski definition) is 0. The molecule has 1 atom stereocenters. The van der Waals surface area contributed by atoms with E-state index < -0.39 is 16.9 Å². The molecule has 172 valence electrons. The number of esters is 1. The minimum absolute atomic E-state index is 0.0451. The number of halogens is 1. The fourth-order valence-electron chi connectivity index (χ4n) is 4.04. The Hall–Kier alpha value is -4.05. The average molecular weight is 458 g/mol. The van der Waals surface area contributed by atoms with E-state index in [4.69, 9.17) is 4.74 Å². The Morgan fingerprint density at radius 1 is 1.06 bits per heavy atom. The molecule has 1 amide bonds. The zero-order valence-electron chi connectivity index (χ0n) is 19.2. The smallest absolute Gasteiger partial charge is 0.328 e. The van der Waals surface area contributed by atoms with E-state index in [9.17, 15) is 14.0 Å². The van der Waals surface area contributed by atoms with Crippen molar-refractivity contribution in [2.45, 2.75) is 37.8 Å². The van der Waals surface area contributed by atoms with Gasteiger partial charge in [-0.2, -0.15) is 5.10 Å². The molecule has 0 bridgehead atoms. The van der Waals surface area contributed by atoms with Gasteiger partial charge in [0.1, 0.15) is 18.1 Å². The highest BCUT2D eigenvalue weighted by molar-refractivity contribution is 6.10. The minimum atomic E-state index is -1.60. The molecule has 3 aromatic rings. The fraction of sp³-hybridized carbons (Fsp3) is 0.259. The van der Waals surface area contributed by atoms with Gasteiger partial charge in [-0.25, -0.2) is 4.39 Å². The zero-order valence-corrected chi connectivity index (χ0v) is 19.2. The topological polar surface area (TPSA) is 72.4 Å². The van der Waals surface area contributed by atoms with Crippen molar-refractivity contribution in [3.63, 3.8) is 0 Å². The van der Waals surface area contributed by atoms with Gasteiger partial charge in [-0.1, -0.05) is 42.3 Å². The highest BCUT2D eigenvalue weighted by atomic mass is 19.1. The standard InChI is InChI=1S/C27H24FN3O3/c1-26(2)18-27(24(32)31(26)3,25(33)34-17-20-8-5-4-6-9-20)23-15-14-22(29-30-23)13-12-19-10-7-11-21(28)16-19/h4-11,14-16H,17-18H2,1-3H3. The van der Waals surface area contributed by atoms with Crippen molar-refractivity contribution in [3.8, 4) is 11.8 Å². The maximum atomic E-state index is 13.4. The van der Waals surface area contributed by atoms with Crippen molar-refractivity contribution in [3.05, 3.63) is 95.1 Å². The molecule has 7 heteroatoms. The lowest BCUT2D eigenvalue weighted by Crippen LogP contribution is -2.45. The number of benzene rings is 2. The van der Waals surface area contributed by atoms with Gasteiger partial charge in [-0.15, -0.1) is 5.10 Å². The number of likely N-dealkylation sites (N-methyl/N-ethyl adjacent to an activating group) is 1. The van der Waals surface area contributed by atoms with E-state index in [0.29, 0.717) is 11.3 Å². The summed E-state index contributed by atoms with van der Waals surface area (Å²) < 4.78 is 19.0. The van der Waals surface area contributed by atoms with E-state index in [1.54, 1.807) is 36.2 Å². The van der Waals surface area contributed by atoms with Crippen LogP contribution >= 0.6 is 0 Å². The molecule has 34 heavy (non-hydrogen) atoms. The lowest BCUT2D eigenvalue weighted by atomic mass is 9.78. The van der Waals surface area contributed by atoms with Crippen molar-refractivity contribution in [2.75, 3.05) is 7.05 Å². The van der Waals surface area contributed by atoms with Crippen LogP contribution in [0, 0.1) is 17.7 Å². The van der Waals surface area contributed by atoms with Gasteiger partial charge in [0, 0.05) is 24.6 Å². The molecule has 0 spiro atoms. The lowest BCUT2D eigenvalue weighted by molar-refractivity contribution is -0.156. The van der Waals surface area contributed by atoms with Crippen LogP contribution in [0.4, 0.5) is 4.39 Å². The first kappa shape index (κ1) is 23.1. The number of carbonyl (C=O) groups is 2. The predicted octanol–water partition coefficient (Wildman–Crippen LogP) is 3.64. The second kappa shape index (κ2) is 9.06. The number of ether oxygens (including phenoxy) is 1. The van der Waals surface area contributed by atoms with Gasteiger partial charge >= 0.3 is 5.97 Å². The van der Waals surface area contributed by atoms with Crippen molar-refractivity contribution in [1.82, 2.24) is 15.1 Å². The number of hydrogen-bond acceptors (Lipinski definition) is 5. The monoisotopic (exact) mass is 457 g/mol. The summed E-state index contributed by atoms with van der Waals surface area (Å²) in [6, 6.07) is 18.4. The molecule has 1 aromatic heterocycles. The number of likely N-dealkylation sites (tertiary alicyclic amines) is 1. The second-order valence-electron chi connectivity index (χ2n) is 8.88. The van der Waals surface area contributed by atoms with Gasteiger partial charge in [0.05, 0.1) is 5.69 Å². The average Bonchev–Trinajstić information content (AvgIpc) is 3.03. The van der Waals surface area contributed by atoms with Gasteiger partial charge in [-0.3, -0.25) is 9.59 Å². The third kappa shape index (κ3) is 4.40. The summed E-state index contributed by atoms with van der Waals surface area (Å²) in [6.07, 6.45) is 0.200. The number of nitrogens with zero attached hydrogens (tertiary/aromatic N) is 3. The maximum Gasteiger partial charge on any atom is 0.328 e. The van der Waals surface area contributed by atoms with E-state index in [0.717, 1.165) is 5.56 Å². The minimum Gasteiger partial charge on any atom is -0.460 e. The highest BCUT2D eigenvalue weighted by Crippen LogP contribution is 2.44. The Kier molecular flexibility index (Phi) is 6.16. The Morgan fingerprint density at radius 2 is 1.82 bits per heavy atom. The number of rotatable bonds is 4. The molecular formula is C27H24FN3O3. The Balaban J connectivity index is 1.64. The van der Waals surface area contributed by atoms with Crippen LogP contribution in [0.15, 0.2) is 66.7 Å². The van der Waals surface area contributed by atoms with Crippen LogP contribution in [0.3, 0.4) is 0 Å². The van der Waals surface area contributed by atoms with Crippen molar-refractivity contribution >= 4 is 11.9 Å². The first-order valence-corrected chi connectivity index (χ1v) is 10.8. The van der Waals surface area contributed by atoms with Crippen LogP contribution in [-0.2, 0) is 26.3 Å². The van der Waals surface area contributed by atoms with E-state index in [1.807, 2.05) is 44.2 Å². The van der Waals surface area contributed by atoms with Crippen molar-refractivity contribution in [1.29, 1.82) is 0 Å². The molecule has 0 aliphatic carbocycles. The largest absolute Gasteiger partial charge is 0.460 e. The van der Waals surface area contributed by atoms with Gasteiger partial charge in [-0.05, 0) is 55.7 Å². The molecular weight excluding hydrogens is 433 g/mol. The van der Waals surface area contributed by atoms with Gasteiger partial charge in [0.15, 0.2) is 5.41 Å². The molecule has 1 aliphatic heterocycles. The molecule has 0 saturated carbocycles. The van der Waals surface area contributed by atoms with Crippen LogP contribution in [0.1, 0.15) is 42.8 Å². The number of carbonyl (C=O) groups excluding carboxylic acids is 2. The fourth-order valence-corrected chi connectivity index (χ4v) is 4.04. The molecule has 1 saturated heterocycles. The first-order valence-electron chi connectivity index (χ1n) is 10.8.